The van der Waals surface area contributed by atoms with Crippen LogP contribution in [0.5, 0.6) is 11.5 Å². The van der Waals surface area contributed by atoms with Gasteiger partial charge in [0.05, 0.1) is 20.1 Å². The van der Waals surface area contributed by atoms with Gasteiger partial charge in [-0.1, -0.05) is 30.3 Å². The molecule has 1 aliphatic heterocycles. The third-order valence-electron chi connectivity index (χ3n) is 6.29. The quantitative estimate of drug-likeness (QED) is 0.552. The molecule has 2 heterocycles. The van der Waals surface area contributed by atoms with E-state index >= 15 is 0 Å². The van der Waals surface area contributed by atoms with E-state index in [0.717, 1.165) is 40.3 Å². The van der Waals surface area contributed by atoms with Crippen molar-refractivity contribution < 1.29 is 14.3 Å². The van der Waals surface area contributed by atoms with Gasteiger partial charge in [-0.15, -0.1) is 0 Å². The number of carbonyl (C=O) groups is 1. The summed E-state index contributed by atoms with van der Waals surface area (Å²) in [6.45, 7) is 2.89. The summed E-state index contributed by atoms with van der Waals surface area (Å²) in [5.74, 6) is 1.69. The summed E-state index contributed by atoms with van der Waals surface area (Å²) in [5, 5.41) is 0. The average molecular weight is 446 g/mol. The largest absolute Gasteiger partial charge is 0.497 e. The molecule has 1 atom stereocenters. The minimum absolute atomic E-state index is 0.132. The number of pyridine rings is 1. The van der Waals surface area contributed by atoms with Crippen LogP contribution in [0.25, 0.3) is 11.1 Å². The number of ether oxygens (including phenoxy) is 2. The van der Waals surface area contributed by atoms with Gasteiger partial charge < -0.3 is 14.4 Å². The number of carbonyl (C=O) groups excluding carboxylic acids is 1. The summed E-state index contributed by atoms with van der Waals surface area (Å²) in [7, 11) is 5.25. The monoisotopic (exact) mass is 445 g/mol. The van der Waals surface area contributed by atoms with E-state index in [0.29, 0.717) is 26.1 Å². The number of rotatable bonds is 7. The Hall–Kier alpha value is -3.38. The number of likely N-dealkylation sites (N-methyl/N-ethyl adjacent to an activating group) is 1. The molecule has 0 N–H and O–H groups in total. The molecule has 6 nitrogen and oxygen atoms in total. The van der Waals surface area contributed by atoms with Gasteiger partial charge in [0.2, 0.25) is 5.91 Å². The topological polar surface area (TPSA) is 54.9 Å². The van der Waals surface area contributed by atoms with Gasteiger partial charge in [-0.25, -0.2) is 0 Å². The van der Waals surface area contributed by atoms with Gasteiger partial charge in [0.15, 0.2) is 0 Å². The van der Waals surface area contributed by atoms with E-state index in [2.05, 4.69) is 28.1 Å². The Morgan fingerprint density at radius 2 is 1.85 bits per heavy atom. The lowest BCUT2D eigenvalue weighted by molar-refractivity contribution is -0.133. The van der Waals surface area contributed by atoms with Crippen LogP contribution in [0.1, 0.15) is 11.1 Å². The highest BCUT2D eigenvalue weighted by Crippen LogP contribution is 2.29. The minimum atomic E-state index is -0.132. The number of benzene rings is 2. The zero-order valence-corrected chi connectivity index (χ0v) is 19.5. The van der Waals surface area contributed by atoms with Crippen molar-refractivity contribution in [3.8, 4) is 22.6 Å². The van der Waals surface area contributed by atoms with Crippen LogP contribution < -0.4 is 9.47 Å². The lowest BCUT2D eigenvalue weighted by Gasteiger charge is -2.24. The van der Waals surface area contributed by atoms with Crippen molar-refractivity contribution in [3.63, 3.8) is 0 Å². The first-order valence-electron chi connectivity index (χ1n) is 11.3. The summed E-state index contributed by atoms with van der Waals surface area (Å²) in [6.07, 6.45) is 4.34. The Kier molecular flexibility index (Phi) is 7.25. The number of amides is 1. The standard InChI is InChI=1S/C27H31N3O3/c1-29-13-14-30(18-22-16-24(32-2)10-11-26(22)33-3)19-23(27(29)31)15-20-7-4-5-9-25(20)21-8-6-12-28-17-21/h4-12,16-17,23H,13-15,18-19H2,1-3H3. The van der Waals surface area contributed by atoms with Crippen LogP contribution in [0.3, 0.4) is 0 Å². The van der Waals surface area contributed by atoms with Gasteiger partial charge >= 0.3 is 0 Å². The van der Waals surface area contributed by atoms with Crippen LogP contribution in [-0.4, -0.2) is 61.6 Å². The van der Waals surface area contributed by atoms with Crippen LogP contribution in [-0.2, 0) is 17.8 Å². The zero-order chi connectivity index (χ0) is 23.2. The van der Waals surface area contributed by atoms with Gasteiger partial charge in [-0.2, -0.15) is 0 Å². The van der Waals surface area contributed by atoms with Crippen molar-refractivity contribution in [1.82, 2.24) is 14.8 Å². The molecule has 1 amide bonds. The second-order valence-corrected chi connectivity index (χ2v) is 8.47. The number of hydrogen-bond donors (Lipinski definition) is 0. The molecule has 6 heteroatoms. The normalized spacial score (nSPS) is 17.0. The Balaban J connectivity index is 1.58. The van der Waals surface area contributed by atoms with E-state index in [1.165, 1.54) is 0 Å². The molecule has 0 bridgehead atoms. The van der Waals surface area contributed by atoms with Crippen molar-refractivity contribution in [2.75, 3.05) is 40.9 Å². The highest BCUT2D eigenvalue weighted by Gasteiger charge is 2.29. The van der Waals surface area contributed by atoms with Gasteiger partial charge in [0, 0.05) is 56.7 Å². The van der Waals surface area contributed by atoms with Crippen LogP contribution in [0.2, 0.25) is 0 Å². The van der Waals surface area contributed by atoms with E-state index in [1.54, 1.807) is 20.4 Å². The van der Waals surface area contributed by atoms with Crippen LogP contribution in [0.4, 0.5) is 0 Å². The third-order valence-corrected chi connectivity index (χ3v) is 6.29. The molecule has 172 valence electrons. The molecule has 1 saturated heterocycles. The number of hydrogen-bond acceptors (Lipinski definition) is 5. The molecule has 0 aliphatic carbocycles. The fraction of sp³-hybridized carbons (Fsp3) is 0.333. The summed E-state index contributed by atoms with van der Waals surface area (Å²) in [4.78, 5) is 21.7. The molecule has 0 radical (unpaired) electrons. The Labute approximate surface area is 195 Å². The molecule has 0 spiro atoms. The number of aromatic nitrogens is 1. The first kappa shape index (κ1) is 22.8. The molecule has 1 aliphatic rings. The molecule has 33 heavy (non-hydrogen) atoms. The summed E-state index contributed by atoms with van der Waals surface area (Å²) in [6, 6.07) is 18.2. The predicted molar refractivity (Wildman–Crippen MR) is 129 cm³/mol. The minimum Gasteiger partial charge on any atom is -0.497 e. The lowest BCUT2D eigenvalue weighted by Crippen LogP contribution is -2.34. The lowest BCUT2D eigenvalue weighted by atomic mass is 9.91. The number of nitrogens with zero attached hydrogens (tertiary/aromatic N) is 3. The second-order valence-electron chi connectivity index (χ2n) is 8.47. The average Bonchev–Trinajstić information content (AvgIpc) is 2.98. The zero-order valence-electron chi connectivity index (χ0n) is 19.5. The van der Waals surface area contributed by atoms with Crippen molar-refractivity contribution in [3.05, 3.63) is 78.1 Å². The van der Waals surface area contributed by atoms with Crippen molar-refractivity contribution >= 4 is 5.91 Å². The smallest absolute Gasteiger partial charge is 0.227 e. The van der Waals surface area contributed by atoms with Gasteiger partial charge in [0.1, 0.15) is 11.5 Å². The van der Waals surface area contributed by atoms with E-state index < -0.39 is 0 Å². The molecule has 1 fully saturated rings. The first-order valence-corrected chi connectivity index (χ1v) is 11.3. The van der Waals surface area contributed by atoms with Crippen molar-refractivity contribution in [1.29, 1.82) is 0 Å². The Bertz CT molecular complexity index is 1090. The molecular weight excluding hydrogens is 414 g/mol. The van der Waals surface area contributed by atoms with Crippen LogP contribution in [0.15, 0.2) is 67.0 Å². The van der Waals surface area contributed by atoms with Crippen LogP contribution >= 0.6 is 0 Å². The highest BCUT2D eigenvalue weighted by atomic mass is 16.5. The SMILES string of the molecule is COc1ccc(OC)c(CN2CCN(C)C(=O)C(Cc3ccccc3-c3cccnc3)C2)c1. The van der Waals surface area contributed by atoms with Gasteiger partial charge in [-0.05, 0) is 41.8 Å². The maximum atomic E-state index is 13.3. The molecule has 2 aromatic carbocycles. The van der Waals surface area contributed by atoms with E-state index in [1.807, 2.05) is 54.5 Å². The third kappa shape index (κ3) is 5.34. The highest BCUT2D eigenvalue weighted by molar-refractivity contribution is 5.80. The maximum Gasteiger partial charge on any atom is 0.227 e. The van der Waals surface area contributed by atoms with Crippen molar-refractivity contribution in [2.45, 2.75) is 13.0 Å². The van der Waals surface area contributed by atoms with E-state index in [-0.39, 0.29) is 11.8 Å². The van der Waals surface area contributed by atoms with Crippen LogP contribution in [0, 0.1) is 5.92 Å². The van der Waals surface area contributed by atoms with Gasteiger partial charge in [-0.3, -0.25) is 14.7 Å². The fourth-order valence-electron chi connectivity index (χ4n) is 4.50. The molecule has 4 rings (SSSR count). The Morgan fingerprint density at radius 3 is 2.61 bits per heavy atom. The molecule has 1 unspecified atom stereocenters. The second kappa shape index (κ2) is 10.5. The summed E-state index contributed by atoms with van der Waals surface area (Å²) in [5.41, 5.74) is 4.42. The predicted octanol–water partition coefficient (Wildman–Crippen LogP) is 3.90. The number of methoxy groups -OCH3 is 2. The summed E-state index contributed by atoms with van der Waals surface area (Å²) < 4.78 is 11.0. The van der Waals surface area contributed by atoms with E-state index in [9.17, 15) is 4.79 Å². The molecular formula is C27H31N3O3. The molecule has 0 saturated carbocycles. The van der Waals surface area contributed by atoms with E-state index in [4.69, 9.17) is 9.47 Å². The first-order chi connectivity index (χ1) is 16.1. The van der Waals surface area contributed by atoms with Crippen molar-refractivity contribution in [2.24, 2.45) is 5.92 Å². The Morgan fingerprint density at radius 1 is 1.00 bits per heavy atom. The summed E-state index contributed by atoms with van der Waals surface area (Å²) >= 11 is 0. The molecule has 3 aromatic rings. The molecule has 1 aromatic heterocycles. The van der Waals surface area contributed by atoms with Gasteiger partial charge in [0.25, 0.3) is 0 Å². The fourth-order valence-corrected chi connectivity index (χ4v) is 4.50. The maximum absolute atomic E-state index is 13.3.